The maximum atomic E-state index is 13.3. The van der Waals surface area contributed by atoms with Crippen molar-refractivity contribution >= 4 is 22.8 Å². The highest BCUT2D eigenvalue weighted by atomic mass is 35.5. The number of imidazole rings is 1. The monoisotopic (exact) mass is 455 g/mol. The van der Waals surface area contributed by atoms with Crippen LogP contribution in [0.4, 0.5) is 0 Å². The molecule has 1 N–H and O–H groups in total. The molecule has 4 aromatic rings. The topological polar surface area (TPSA) is 104 Å². The Balaban J connectivity index is 1.92. The van der Waals surface area contributed by atoms with Crippen molar-refractivity contribution in [2.24, 2.45) is 7.05 Å². The molecule has 0 aliphatic rings. The van der Waals surface area contributed by atoms with Crippen LogP contribution >= 0.6 is 11.6 Å². The van der Waals surface area contributed by atoms with Crippen LogP contribution in [0.2, 0.25) is 5.02 Å². The lowest BCUT2D eigenvalue weighted by molar-refractivity contribution is 0.277. The zero-order valence-electron chi connectivity index (χ0n) is 17.7. The number of ether oxygens (including phenoxy) is 1. The molecule has 0 radical (unpaired) electrons. The molecule has 0 unspecified atom stereocenters. The molecule has 3 heterocycles. The molecule has 0 aliphatic heterocycles. The van der Waals surface area contributed by atoms with Crippen LogP contribution in [0.25, 0.3) is 11.2 Å². The Morgan fingerprint density at radius 2 is 1.84 bits per heavy atom. The van der Waals surface area contributed by atoms with Crippen molar-refractivity contribution in [3.8, 4) is 11.8 Å². The number of hydrogen-bond donors (Lipinski definition) is 1. The van der Waals surface area contributed by atoms with Crippen LogP contribution in [-0.2, 0) is 20.1 Å². The summed E-state index contributed by atoms with van der Waals surface area (Å²) in [6.45, 7) is 2.11. The van der Waals surface area contributed by atoms with Gasteiger partial charge in [0, 0.05) is 30.9 Å². The summed E-state index contributed by atoms with van der Waals surface area (Å²) in [6.07, 6.45) is 1.85. The van der Waals surface area contributed by atoms with Crippen molar-refractivity contribution in [1.29, 1.82) is 0 Å². The second kappa shape index (κ2) is 8.97. The van der Waals surface area contributed by atoms with Crippen LogP contribution in [0.15, 0.2) is 52.2 Å². The van der Waals surface area contributed by atoms with E-state index in [-0.39, 0.29) is 43.3 Å². The standard InChI is InChI=1S/C22H22ClN5O4/c1-14-4-9-17(12-24-14)32-21-25-19-18(28(21)13-15-5-7-16(23)8-6-15)20(30)27(10-3-11-29)22(31)26(19)2/h4-9,12,29H,3,10-11,13H2,1-2H3. The van der Waals surface area contributed by atoms with E-state index in [9.17, 15) is 14.7 Å². The van der Waals surface area contributed by atoms with E-state index in [0.717, 1.165) is 15.8 Å². The van der Waals surface area contributed by atoms with Gasteiger partial charge in [-0.05, 0) is 43.2 Å². The number of fused-ring (bicyclic) bond motifs is 1. The fourth-order valence-electron chi connectivity index (χ4n) is 3.39. The molecule has 0 atom stereocenters. The lowest BCUT2D eigenvalue weighted by Gasteiger charge is -2.11. The molecule has 3 aromatic heterocycles. The zero-order chi connectivity index (χ0) is 22.8. The number of pyridine rings is 1. The molecule has 0 amide bonds. The Morgan fingerprint density at radius 3 is 2.50 bits per heavy atom. The van der Waals surface area contributed by atoms with E-state index in [1.165, 1.54) is 4.57 Å². The summed E-state index contributed by atoms with van der Waals surface area (Å²) in [5, 5.41) is 9.77. The van der Waals surface area contributed by atoms with Gasteiger partial charge in [0.15, 0.2) is 11.2 Å². The van der Waals surface area contributed by atoms with E-state index < -0.39 is 11.2 Å². The second-order valence-electron chi connectivity index (χ2n) is 7.39. The van der Waals surface area contributed by atoms with Crippen LogP contribution in [0.3, 0.4) is 0 Å². The Morgan fingerprint density at radius 1 is 1.09 bits per heavy atom. The van der Waals surface area contributed by atoms with E-state index in [4.69, 9.17) is 16.3 Å². The van der Waals surface area contributed by atoms with Crippen molar-refractivity contribution in [1.82, 2.24) is 23.7 Å². The first kappa shape index (κ1) is 21.8. The summed E-state index contributed by atoms with van der Waals surface area (Å²) < 4.78 is 10.0. The maximum Gasteiger partial charge on any atom is 0.332 e. The Hall–Kier alpha value is -3.43. The Bertz CT molecular complexity index is 1370. The number of aryl methyl sites for hydroxylation is 2. The summed E-state index contributed by atoms with van der Waals surface area (Å²) in [5.74, 6) is 0.453. The molecule has 1 aromatic carbocycles. The molecule has 32 heavy (non-hydrogen) atoms. The zero-order valence-corrected chi connectivity index (χ0v) is 18.4. The maximum absolute atomic E-state index is 13.3. The van der Waals surface area contributed by atoms with Gasteiger partial charge in [-0.15, -0.1) is 0 Å². The van der Waals surface area contributed by atoms with Crippen molar-refractivity contribution in [3.63, 3.8) is 0 Å². The van der Waals surface area contributed by atoms with Crippen LogP contribution in [0.1, 0.15) is 17.7 Å². The third kappa shape index (κ3) is 4.17. The van der Waals surface area contributed by atoms with E-state index >= 15 is 0 Å². The molecule has 10 heteroatoms. The van der Waals surface area contributed by atoms with Gasteiger partial charge in [-0.1, -0.05) is 23.7 Å². The van der Waals surface area contributed by atoms with Gasteiger partial charge in [-0.25, -0.2) is 4.79 Å². The van der Waals surface area contributed by atoms with Crippen LogP contribution < -0.4 is 16.0 Å². The number of aliphatic hydroxyl groups excluding tert-OH is 1. The van der Waals surface area contributed by atoms with Gasteiger partial charge in [0.25, 0.3) is 5.56 Å². The Kier molecular flexibility index (Phi) is 6.11. The third-order valence-corrected chi connectivity index (χ3v) is 5.34. The number of hydrogen-bond acceptors (Lipinski definition) is 6. The number of halogens is 1. The van der Waals surface area contributed by atoms with Crippen molar-refractivity contribution in [2.45, 2.75) is 26.4 Å². The number of rotatable bonds is 7. The smallest absolute Gasteiger partial charge is 0.332 e. The van der Waals surface area contributed by atoms with Crippen molar-refractivity contribution < 1.29 is 9.84 Å². The van der Waals surface area contributed by atoms with E-state index in [1.54, 1.807) is 42.1 Å². The van der Waals surface area contributed by atoms with E-state index in [0.29, 0.717) is 10.8 Å². The highest BCUT2D eigenvalue weighted by Gasteiger charge is 2.22. The van der Waals surface area contributed by atoms with Gasteiger partial charge in [-0.3, -0.25) is 23.5 Å². The first-order valence-corrected chi connectivity index (χ1v) is 10.4. The van der Waals surface area contributed by atoms with Gasteiger partial charge in [0.05, 0.1) is 12.7 Å². The predicted molar refractivity (Wildman–Crippen MR) is 121 cm³/mol. The lowest BCUT2D eigenvalue weighted by atomic mass is 10.2. The summed E-state index contributed by atoms with van der Waals surface area (Å²) >= 11 is 6.01. The Labute approximate surface area is 188 Å². The summed E-state index contributed by atoms with van der Waals surface area (Å²) in [7, 11) is 1.55. The van der Waals surface area contributed by atoms with Crippen LogP contribution in [0, 0.1) is 6.92 Å². The minimum atomic E-state index is -0.504. The minimum Gasteiger partial charge on any atom is -0.424 e. The van der Waals surface area contributed by atoms with Crippen molar-refractivity contribution in [3.05, 3.63) is 79.7 Å². The van der Waals surface area contributed by atoms with Gasteiger partial charge in [0.2, 0.25) is 0 Å². The molecule has 4 rings (SSSR count). The molecule has 0 spiro atoms. The summed E-state index contributed by atoms with van der Waals surface area (Å²) in [6, 6.07) is 10.9. The van der Waals surface area contributed by atoms with Crippen LogP contribution in [0.5, 0.6) is 11.8 Å². The van der Waals surface area contributed by atoms with Gasteiger partial charge in [0.1, 0.15) is 5.75 Å². The number of aromatic nitrogens is 5. The molecule has 9 nitrogen and oxygen atoms in total. The highest BCUT2D eigenvalue weighted by molar-refractivity contribution is 6.30. The molecule has 166 valence electrons. The molecule has 0 saturated heterocycles. The second-order valence-corrected chi connectivity index (χ2v) is 7.83. The quantitative estimate of drug-likeness (QED) is 0.459. The minimum absolute atomic E-state index is 0.0993. The van der Waals surface area contributed by atoms with Gasteiger partial charge >= 0.3 is 11.7 Å². The first-order valence-electron chi connectivity index (χ1n) is 10.0. The van der Waals surface area contributed by atoms with Gasteiger partial charge < -0.3 is 9.84 Å². The molecule has 0 aliphatic carbocycles. The largest absolute Gasteiger partial charge is 0.424 e. The van der Waals surface area contributed by atoms with E-state index in [1.807, 2.05) is 19.1 Å². The number of nitrogens with zero attached hydrogens (tertiary/aromatic N) is 5. The normalized spacial score (nSPS) is 11.2. The first-order chi connectivity index (χ1) is 15.4. The molecular weight excluding hydrogens is 434 g/mol. The molecular formula is C22H22ClN5O4. The van der Waals surface area contributed by atoms with Crippen LogP contribution in [-0.4, -0.2) is 35.4 Å². The molecule has 0 saturated carbocycles. The fourth-order valence-corrected chi connectivity index (χ4v) is 3.52. The summed E-state index contributed by atoms with van der Waals surface area (Å²) in [4.78, 5) is 34.8. The molecule has 0 bridgehead atoms. The fraction of sp³-hybridized carbons (Fsp3) is 0.273. The highest BCUT2D eigenvalue weighted by Crippen LogP contribution is 2.25. The predicted octanol–water partition coefficient (Wildman–Crippen LogP) is 2.48. The molecule has 0 fully saturated rings. The average Bonchev–Trinajstić information content (AvgIpc) is 3.13. The summed E-state index contributed by atoms with van der Waals surface area (Å²) in [5.41, 5.74) is 1.15. The van der Waals surface area contributed by atoms with Gasteiger partial charge in [-0.2, -0.15) is 4.98 Å². The lowest BCUT2D eigenvalue weighted by Crippen LogP contribution is -2.39. The SMILES string of the molecule is Cc1ccc(Oc2nc3c(c(=O)n(CCCO)c(=O)n3C)n2Cc2ccc(Cl)cc2)cn1. The van der Waals surface area contributed by atoms with E-state index in [2.05, 4.69) is 9.97 Å². The number of benzene rings is 1. The average molecular weight is 456 g/mol. The number of aliphatic hydroxyl groups is 1. The van der Waals surface area contributed by atoms with Crippen molar-refractivity contribution in [2.75, 3.05) is 6.61 Å². The third-order valence-electron chi connectivity index (χ3n) is 5.08.